The van der Waals surface area contributed by atoms with E-state index >= 15 is 0 Å². The molecular weight excluding hydrogens is 923 g/mol. The topological polar surface area (TPSA) is 95.9 Å². The molecule has 444 valence electrons. The van der Waals surface area contributed by atoms with Gasteiger partial charge in [-0.1, -0.05) is 334 Å². The number of hydrogen-bond acceptors (Lipinski definition) is 5. The van der Waals surface area contributed by atoms with Gasteiger partial charge in [0.2, 0.25) is 5.91 Å². The summed E-state index contributed by atoms with van der Waals surface area (Å²) in [6, 6.07) is -0.544. The molecule has 0 radical (unpaired) electrons. The lowest BCUT2D eigenvalue weighted by Gasteiger charge is -2.22. The number of aliphatic hydroxyl groups excluding tert-OH is 2. The highest BCUT2D eigenvalue weighted by Crippen LogP contribution is 2.18. The van der Waals surface area contributed by atoms with Crippen LogP contribution in [0.3, 0.4) is 0 Å². The van der Waals surface area contributed by atoms with Gasteiger partial charge in [0.25, 0.3) is 0 Å². The van der Waals surface area contributed by atoms with Gasteiger partial charge in [-0.25, -0.2) is 0 Å². The molecule has 0 saturated carbocycles. The van der Waals surface area contributed by atoms with Crippen molar-refractivity contribution in [1.82, 2.24) is 5.32 Å². The molecule has 1 amide bonds. The fraction of sp³-hybridized carbons (Fsp3) is 0.913. The zero-order valence-electron chi connectivity index (χ0n) is 50.8. The zero-order chi connectivity index (χ0) is 54.3. The lowest BCUT2D eigenvalue weighted by atomic mass is 10.0. The number of hydrogen-bond donors (Lipinski definition) is 3. The maximum atomic E-state index is 12.5. The first-order chi connectivity index (χ1) is 37.0. The van der Waals surface area contributed by atoms with Gasteiger partial charge in [-0.05, 0) is 57.8 Å². The molecule has 0 heterocycles. The Kier molecular flexibility index (Phi) is 63.4. The molecule has 0 fully saturated rings. The van der Waals surface area contributed by atoms with Crippen LogP contribution in [-0.2, 0) is 14.3 Å². The van der Waals surface area contributed by atoms with Crippen molar-refractivity contribution in [2.24, 2.45) is 0 Å². The smallest absolute Gasteiger partial charge is 0.305 e. The van der Waals surface area contributed by atoms with E-state index in [9.17, 15) is 19.8 Å². The van der Waals surface area contributed by atoms with E-state index in [4.69, 9.17) is 4.74 Å². The van der Waals surface area contributed by atoms with Crippen LogP contribution in [0.4, 0.5) is 0 Å². The number of carbonyl (C=O) groups excluding carboxylic acids is 2. The number of amides is 1. The first-order valence-corrected chi connectivity index (χ1v) is 34.1. The minimum absolute atomic E-state index is 0.0119. The zero-order valence-corrected chi connectivity index (χ0v) is 50.8. The second kappa shape index (κ2) is 64.9. The second-order valence-electron chi connectivity index (χ2n) is 23.5. The molecule has 3 N–H and O–H groups in total. The SMILES string of the molecule is CCCCCCCCCCCCCCCCCCCCCC(O)C(CO)NC(=O)CCCCCCCCCCCCC/C=C\C/C=C\CCCCCCCCCCCOC(=O)CCCCCCCCCCCCCC. The van der Waals surface area contributed by atoms with E-state index < -0.39 is 12.1 Å². The third kappa shape index (κ3) is 61.4. The molecule has 0 spiro atoms. The first-order valence-electron chi connectivity index (χ1n) is 34.1. The average Bonchev–Trinajstić information content (AvgIpc) is 3.41. The molecule has 0 aliphatic carbocycles. The van der Waals surface area contributed by atoms with E-state index in [0.29, 0.717) is 25.9 Å². The van der Waals surface area contributed by atoms with Crippen molar-refractivity contribution in [3.05, 3.63) is 24.3 Å². The van der Waals surface area contributed by atoms with Crippen LogP contribution in [0.2, 0.25) is 0 Å². The summed E-state index contributed by atoms with van der Waals surface area (Å²) in [5, 5.41) is 23.4. The molecule has 0 rings (SSSR count). The number of unbranched alkanes of at least 4 members (excludes halogenated alkanes) is 49. The highest BCUT2D eigenvalue weighted by molar-refractivity contribution is 5.76. The summed E-state index contributed by atoms with van der Waals surface area (Å²) in [7, 11) is 0. The predicted octanol–water partition coefficient (Wildman–Crippen LogP) is 21.8. The minimum atomic E-state index is -0.667. The van der Waals surface area contributed by atoms with Crippen LogP contribution < -0.4 is 5.32 Å². The fourth-order valence-electron chi connectivity index (χ4n) is 10.8. The second-order valence-corrected chi connectivity index (χ2v) is 23.5. The number of ether oxygens (including phenoxy) is 1. The van der Waals surface area contributed by atoms with Crippen molar-refractivity contribution >= 4 is 11.9 Å². The molecule has 0 aromatic heterocycles. The Morgan fingerprint density at radius 2 is 0.667 bits per heavy atom. The quantitative estimate of drug-likeness (QED) is 0.0320. The third-order valence-corrected chi connectivity index (χ3v) is 16.0. The van der Waals surface area contributed by atoms with E-state index in [1.165, 1.54) is 302 Å². The maximum Gasteiger partial charge on any atom is 0.305 e. The standard InChI is InChI=1S/C69H133NO5/c1-3-5-7-9-11-13-15-17-18-19-29-32-35-38-41-45-49-53-57-61-67(72)66(65-71)70-68(73)62-58-54-50-46-42-39-36-33-30-27-25-23-21-20-22-24-26-28-31-34-37-40-44-48-52-56-60-64-75-69(74)63-59-55-51-47-43-16-14-12-10-8-6-4-2/h20-21,24,26,66-67,71-72H,3-19,22-23,25,27-65H2,1-2H3,(H,70,73)/b21-20-,26-24-. The molecule has 2 atom stereocenters. The van der Waals surface area contributed by atoms with Gasteiger partial charge in [0.15, 0.2) is 0 Å². The van der Waals surface area contributed by atoms with Gasteiger partial charge in [0.1, 0.15) is 0 Å². The Bertz CT molecular complexity index is 1170. The van der Waals surface area contributed by atoms with Gasteiger partial charge >= 0.3 is 5.97 Å². The van der Waals surface area contributed by atoms with Crippen LogP contribution in [0.5, 0.6) is 0 Å². The molecule has 6 heteroatoms. The summed E-state index contributed by atoms with van der Waals surface area (Å²) in [6.07, 6.45) is 80.7. The van der Waals surface area contributed by atoms with E-state index in [1.807, 2.05) is 0 Å². The van der Waals surface area contributed by atoms with Crippen LogP contribution in [0, 0.1) is 0 Å². The Balaban J connectivity index is 3.42. The summed E-state index contributed by atoms with van der Waals surface area (Å²) in [5.74, 6) is -0.0225. The molecule has 2 unspecified atom stereocenters. The summed E-state index contributed by atoms with van der Waals surface area (Å²) in [5.41, 5.74) is 0. The van der Waals surface area contributed by atoms with Gasteiger partial charge in [-0.15, -0.1) is 0 Å². The highest BCUT2D eigenvalue weighted by atomic mass is 16.5. The molecular formula is C69H133NO5. The molecule has 0 bridgehead atoms. The number of allylic oxidation sites excluding steroid dienone is 4. The Hall–Kier alpha value is -1.66. The van der Waals surface area contributed by atoms with Crippen LogP contribution in [0.15, 0.2) is 24.3 Å². The summed E-state index contributed by atoms with van der Waals surface area (Å²) < 4.78 is 5.47. The molecule has 0 aliphatic rings. The van der Waals surface area contributed by atoms with Crippen molar-refractivity contribution in [3.8, 4) is 0 Å². The predicted molar refractivity (Wildman–Crippen MR) is 329 cm³/mol. The molecule has 0 aromatic carbocycles. The summed E-state index contributed by atoms with van der Waals surface area (Å²) in [6.45, 7) is 4.98. The third-order valence-electron chi connectivity index (χ3n) is 16.0. The Morgan fingerprint density at radius 1 is 0.373 bits per heavy atom. The van der Waals surface area contributed by atoms with Gasteiger partial charge in [0.05, 0.1) is 25.4 Å². The average molecular weight is 1060 g/mol. The van der Waals surface area contributed by atoms with Crippen molar-refractivity contribution in [3.63, 3.8) is 0 Å². The van der Waals surface area contributed by atoms with Crippen LogP contribution in [0.25, 0.3) is 0 Å². The highest BCUT2D eigenvalue weighted by Gasteiger charge is 2.20. The van der Waals surface area contributed by atoms with Crippen LogP contribution in [0.1, 0.15) is 380 Å². The number of nitrogens with one attached hydrogen (secondary N) is 1. The molecule has 0 aromatic rings. The van der Waals surface area contributed by atoms with Crippen LogP contribution >= 0.6 is 0 Å². The number of aliphatic hydroxyl groups is 2. The van der Waals surface area contributed by atoms with Gasteiger partial charge < -0.3 is 20.3 Å². The van der Waals surface area contributed by atoms with Gasteiger partial charge in [0, 0.05) is 12.8 Å². The first kappa shape index (κ1) is 73.3. The summed E-state index contributed by atoms with van der Waals surface area (Å²) in [4.78, 5) is 24.5. The Morgan fingerprint density at radius 3 is 1.01 bits per heavy atom. The Labute approximate surface area is 469 Å². The number of rotatable bonds is 64. The van der Waals surface area contributed by atoms with Crippen molar-refractivity contribution < 1.29 is 24.5 Å². The van der Waals surface area contributed by atoms with E-state index in [1.54, 1.807) is 0 Å². The lowest BCUT2D eigenvalue weighted by molar-refractivity contribution is -0.143. The lowest BCUT2D eigenvalue weighted by Crippen LogP contribution is -2.45. The number of esters is 1. The normalized spacial score (nSPS) is 12.6. The van der Waals surface area contributed by atoms with Gasteiger partial charge in [-0.3, -0.25) is 9.59 Å². The van der Waals surface area contributed by atoms with Crippen molar-refractivity contribution in [1.29, 1.82) is 0 Å². The molecule has 0 saturated heterocycles. The minimum Gasteiger partial charge on any atom is -0.466 e. The fourth-order valence-corrected chi connectivity index (χ4v) is 10.8. The monoisotopic (exact) mass is 1060 g/mol. The van der Waals surface area contributed by atoms with E-state index in [2.05, 4.69) is 43.5 Å². The summed E-state index contributed by atoms with van der Waals surface area (Å²) >= 11 is 0. The van der Waals surface area contributed by atoms with E-state index in [-0.39, 0.29) is 18.5 Å². The molecule has 0 aliphatic heterocycles. The van der Waals surface area contributed by atoms with Gasteiger partial charge in [-0.2, -0.15) is 0 Å². The van der Waals surface area contributed by atoms with Crippen molar-refractivity contribution in [2.45, 2.75) is 392 Å². The molecule has 75 heavy (non-hydrogen) atoms. The largest absolute Gasteiger partial charge is 0.466 e. The number of carbonyl (C=O) groups is 2. The molecule has 6 nitrogen and oxygen atoms in total. The maximum absolute atomic E-state index is 12.5. The van der Waals surface area contributed by atoms with Crippen LogP contribution in [-0.4, -0.2) is 47.4 Å². The van der Waals surface area contributed by atoms with E-state index in [0.717, 1.165) is 44.9 Å². The van der Waals surface area contributed by atoms with Crippen molar-refractivity contribution in [2.75, 3.05) is 13.2 Å².